The summed E-state index contributed by atoms with van der Waals surface area (Å²) < 4.78 is 13.9. The number of amides is 1. The Morgan fingerprint density at radius 2 is 2.12 bits per heavy atom. The van der Waals surface area contributed by atoms with E-state index in [1.807, 2.05) is 0 Å². The van der Waals surface area contributed by atoms with Crippen LogP contribution in [-0.2, 0) is 4.79 Å². The van der Waals surface area contributed by atoms with Crippen LogP contribution in [0, 0.1) is 5.82 Å². The lowest BCUT2D eigenvalue weighted by atomic mass is 10.2. The Morgan fingerprint density at radius 3 is 2.69 bits per heavy atom. The zero-order valence-electron chi connectivity index (χ0n) is 8.41. The smallest absolute Gasteiger partial charge is 0.323 e. The van der Waals surface area contributed by atoms with Crippen molar-refractivity contribution in [3.63, 3.8) is 0 Å². The van der Waals surface area contributed by atoms with E-state index >= 15 is 0 Å². The standard InChI is InChI=1S/C10H9BrFNO3/c1-13(5-9(14)15)10(16)7-4-6(11)2-3-8(7)12/h2-4H,5H2,1H3,(H,14,15). The molecule has 1 N–H and O–H groups in total. The fraction of sp³-hybridized carbons (Fsp3) is 0.200. The van der Waals surface area contributed by atoms with Crippen LogP contribution in [0.3, 0.4) is 0 Å². The third kappa shape index (κ3) is 3.03. The summed E-state index contributed by atoms with van der Waals surface area (Å²) in [5.41, 5.74) is -0.155. The summed E-state index contributed by atoms with van der Waals surface area (Å²) in [6.07, 6.45) is 0. The van der Waals surface area contributed by atoms with Gasteiger partial charge in [-0.2, -0.15) is 0 Å². The molecule has 0 saturated heterocycles. The van der Waals surface area contributed by atoms with Crippen molar-refractivity contribution in [2.45, 2.75) is 0 Å². The number of aliphatic carboxylic acids is 1. The van der Waals surface area contributed by atoms with Crippen LogP contribution in [0.2, 0.25) is 0 Å². The fourth-order valence-electron chi connectivity index (χ4n) is 1.14. The van der Waals surface area contributed by atoms with Crippen LogP contribution in [0.1, 0.15) is 10.4 Å². The first-order valence-corrected chi connectivity index (χ1v) is 5.13. The quantitative estimate of drug-likeness (QED) is 0.922. The molecule has 86 valence electrons. The number of hydrogen-bond donors (Lipinski definition) is 1. The van der Waals surface area contributed by atoms with Crippen molar-refractivity contribution in [3.8, 4) is 0 Å². The predicted octanol–water partition coefficient (Wildman–Crippen LogP) is 1.74. The normalized spacial score (nSPS) is 9.94. The highest BCUT2D eigenvalue weighted by Crippen LogP contribution is 2.16. The van der Waals surface area contributed by atoms with Gasteiger partial charge >= 0.3 is 5.97 Å². The third-order valence-corrected chi connectivity index (χ3v) is 2.37. The van der Waals surface area contributed by atoms with Gasteiger partial charge in [0.2, 0.25) is 0 Å². The maximum absolute atomic E-state index is 13.3. The molecule has 0 spiro atoms. The molecule has 0 radical (unpaired) electrons. The number of carboxylic acid groups (broad SMARTS) is 1. The molecule has 0 heterocycles. The number of likely N-dealkylation sites (N-methyl/N-ethyl adjacent to an activating group) is 1. The van der Waals surface area contributed by atoms with E-state index in [2.05, 4.69) is 15.9 Å². The summed E-state index contributed by atoms with van der Waals surface area (Å²) >= 11 is 3.11. The summed E-state index contributed by atoms with van der Waals surface area (Å²) in [5.74, 6) is -2.49. The predicted molar refractivity (Wildman–Crippen MR) is 58.7 cm³/mol. The highest BCUT2D eigenvalue weighted by Gasteiger charge is 2.18. The lowest BCUT2D eigenvalue weighted by Crippen LogP contribution is -2.32. The largest absolute Gasteiger partial charge is 0.480 e. The van der Waals surface area contributed by atoms with Gasteiger partial charge in [-0.25, -0.2) is 4.39 Å². The van der Waals surface area contributed by atoms with Gasteiger partial charge in [-0.15, -0.1) is 0 Å². The fourth-order valence-corrected chi connectivity index (χ4v) is 1.50. The molecular formula is C10H9BrFNO3. The zero-order valence-corrected chi connectivity index (χ0v) is 9.99. The summed E-state index contributed by atoms with van der Waals surface area (Å²) in [4.78, 5) is 23.0. The average Bonchev–Trinajstić information content (AvgIpc) is 2.19. The molecular weight excluding hydrogens is 281 g/mol. The zero-order chi connectivity index (χ0) is 12.3. The maximum atomic E-state index is 13.3. The van der Waals surface area contributed by atoms with E-state index in [0.717, 1.165) is 11.0 Å². The number of carbonyl (C=O) groups excluding carboxylic acids is 1. The molecule has 6 heteroatoms. The molecule has 0 saturated carbocycles. The van der Waals surface area contributed by atoms with Crippen LogP contribution in [0.25, 0.3) is 0 Å². The van der Waals surface area contributed by atoms with Crippen molar-refractivity contribution in [2.75, 3.05) is 13.6 Å². The molecule has 0 bridgehead atoms. The van der Waals surface area contributed by atoms with E-state index in [1.54, 1.807) is 0 Å². The van der Waals surface area contributed by atoms with E-state index in [4.69, 9.17) is 5.11 Å². The molecule has 16 heavy (non-hydrogen) atoms. The number of carboxylic acids is 1. The first-order valence-electron chi connectivity index (χ1n) is 4.34. The molecule has 0 unspecified atom stereocenters. The van der Waals surface area contributed by atoms with Crippen molar-refractivity contribution in [1.82, 2.24) is 4.90 Å². The third-order valence-electron chi connectivity index (χ3n) is 1.88. The highest BCUT2D eigenvalue weighted by atomic mass is 79.9. The number of benzene rings is 1. The summed E-state index contributed by atoms with van der Waals surface area (Å²) in [6.45, 7) is -0.467. The van der Waals surface area contributed by atoms with Crippen LogP contribution in [-0.4, -0.2) is 35.5 Å². The second-order valence-electron chi connectivity index (χ2n) is 3.18. The lowest BCUT2D eigenvalue weighted by Gasteiger charge is -2.14. The van der Waals surface area contributed by atoms with E-state index < -0.39 is 24.2 Å². The topological polar surface area (TPSA) is 57.6 Å². The number of nitrogens with zero attached hydrogens (tertiary/aromatic N) is 1. The number of halogens is 2. The van der Waals surface area contributed by atoms with Crippen LogP contribution in [0.4, 0.5) is 4.39 Å². The number of rotatable bonds is 3. The van der Waals surface area contributed by atoms with Gasteiger partial charge in [-0.3, -0.25) is 9.59 Å². The molecule has 0 aliphatic heterocycles. The van der Waals surface area contributed by atoms with Crippen molar-refractivity contribution >= 4 is 27.8 Å². The minimum atomic E-state index is -1.15. The lowest BCUT2D eigenvalue weighted by molar-refractivity contribution is -0.137. The highest BCUT2D eigenvalue weighted by molar-refractivity contribution is 9.10. The second kappa shape index (κ2) is 5.07. The van der Waals surface area contributed by atoms with Gasteiger partial charge < -0.3 is 10.0 Å². The summed E-state index contributed by atoms with van der Waals surface area (Å²) in [6, 6.07) is 3.92. The van der Waals surface area contributed by atoms with Crippen LogP contribution in [0.5, 0.6) is 0 Å². The molecule has 0 atom stereocenters. The first-order chi connectivity index (χ1) is 7.41. The van der Waals surface area contributed by atoms with Gasteiger partial charge in [0, 0.05) is 11.5 Å². The molecule has 1 amide bonds. The van der Waals surface area contributed by atoms with Gasteiger partial charge in [0.05, 0.1) is 5.56 Å². The molecule has 4 nitrogen and oxygen atoms in total. The van der Waals surface area contributed by atoms with Crippen LogP contribution < -0.4 is 0 Å². The van der Waals surface area contributed by atoms with Crippen LogP contribution in [0.15, 0.2) is 22.7 Å². The monoisotopic (exact) mass is 289 g/mol. The Morgan fingerprint density at radius 1 is 1.50 bits per heavy atom. The molecule has 0 aliphatic rings. The van der Waals surface area contributed by atoms with E-state index in [1.165, 1.54) is 19.2 Å². The average molecular weight is 290 g/mol. The Bertz CT molecular complexity index is 436. The van der Waals surface area contributed by atoms with Gasteiger partial charge in [0.15, 0.2) is 0 Å². The van der Waals surface area contributed by atoms with E-state index in [-0.39, 0.29) is 5.56 Å². The molecule has 1 rings (SSSR count). The SMILES string of the molecule is CN(CC(=O)O)C(=O)c1cc(Br)ccc1F. The summed E-state index contributed by atoms with van der Waals surface area (Å²) in [7, 11) is 1.30. The Kier molecular flexibility index (Phi) is 4.00. The van der Waals surface area contributed by atoms with E-state index in [9.17, 15) is 14.0 Å². The van der Waals surface area contributed by atoms with Gasteiger partial charge in [-0.1, -0.05) is 15.9 Å². The van der Waals surface area contributed by atoms with Crippen molar-refractivity contribution in [1.29, 1.82) is 0 Å². The van der Waals surface area contributed by atoms with Crippen LogP contribution >= 0.6 is 15.9 Å². The number of carbonyl (C=O) groups is 2. The minimum absolute atomic E-state index is 0.155. The first kappa shape index (κ1) is 12.6. The van der Waals surface area contributed by atoms with Gasteiger partial charge in [0.1, 0.15) is 12.4 Å². The Hall–Kier alpha value is -1.43. The molecule has 0 aliphatic carbocycles. The van der Waals surface area contributed by atoms with Crippen molar-refractivity contribution < 1.29 is 19.1 Å². The van der Waals surface area contributed by atoms with Gasteiger partial charge in [-0.05, 0) is 18.2 Å². The molecule has 0 fully saturated rings. The van der Waals surface area contributed by atoms with Crippen molar-refractivity contribution in [3.05, 3.63) is 34.1 Å². The Balaban J connectivity index is 2.95. The maximum Gasteiger partial charge on any atom is 0.323 e. The molecule has 1 aromatic carbocycles. The minimum Gasteiger partial charge on any atom is -0.480 e. The molecule has 0 aromatic heterocycles. The number of hydrogen-bond acceptors (Lipinski definition) is 2. The molecule has 1 aromatic rings. The van der Waals surface area contributed by atoms with Crippen molar-refractivity contribution in [2.24, 2.45) is 0 Å². The Labute approximate surface area is 99.8 Å². The van der Waals surface area contributed by atoms with Gasteiger partial charge in [0.25, 0.3) is 5.91 Å². The van der Waals surface area contributed by atoms with E-state index in [0.29, 0.717) is 4.47 Å². The second-order valence-corrected chi connectivity index (χ2v) is 4.09. The summed E-state index contributed by atoms with van der Waals surface area (Å²) in [5, 5.41) is 8.51.